The summed E-state index contributed by atoms with van der Waals surface area (Å²) in [5, 5.41) is 12.9. The number of nitrogens with zero attached hydrogens (tertiary/aromatic N) is 2. The highest BCUT2D eigenvalue weighted by molar-refractivity contribution is 5.83. The van der Waals surface area contributed by atoms with Crippen molar-refractivity contribution in [2.24, 2.45) is 11.8 Å². The van der Waals surface area contributed by atoms with Gasteiger partial charge in [0, 0.05) is 35.9 Å². The molecule has 33 heavy (non-hydrogen) atoms. The maximum Gasteiger partial charge on any atom is 0.131 e. The molecule has 0 spiro atoms. The zero-order valence-corrected chi connectivity index (χ0v) is 19.4. The first-order valence-electron chi connectivity index (χ1n) is 11.9. The van der Waals surface area contributed by atoms with Crippen LogP contribution in [-0.4, -0.2) is 40.8 Å². The van der Waals surface area contributed by atoms with Crippen molar-refractivity contribution >= 4 is 17.0 Å². The standard InChI is InChI=1S/C29H33N2O2/c1-4-20-6-8-21(9-7-20)18-31-15-13-23(22(5-2)19-31)16-28(31)29(32)25-12-14-30-27-11-10-24(33-3)17-26(25)27/h4-12,14,17,22-23,28-29,32H,1-2,13,15-16,18-19H2,3H3/q+1/t22?,23?,28-,29+,31?/m0/s1. The number of ether oxygens (including phenoxy) is 1. The molecule has 4 heterocycles. The summed E-state index contributed by atoms with van der Waals surface area (Å²) in [6, 6.07) is 16.7. The Morgan fingerprint density at radius 2 is 2.00 bits per heavy atom. The Labute approximate surface area is 196 Å². The number of pyridine rings is 1. The van der Waals surface area contributed by atoms with Crippen LogP contribution >= 0.6 is 0 Å². The van der Waals surface area contributed by atoms with Gasteiger partial charge in [-0.3, -0.25) is 4.98 Å². The molecule has 0 radical (unpaired) electrons. The van der Waals surface area contributed by atoms with Crippen LogP contribution in [0, 0.1) is 11.8 Å². The molecule has 5 atom stereocenters. The van der Waals surface area contributed by atoms with E-state index in [9.17, 15) is 5.11 Å². The number of piperidine rings is 3. The number of fused-ring (bicyclic) bond motifs is 4. The highest BCUT2D eigenvalue weighted by atomic mass is 16.5. The summed E-state index contributed by atoms with van der Waals surface area (Å²) in [6.07, 6.45) is 7.47. The summed E-state index contributed by atoms with van der Waals surface area (Å²) < 4.78 is 6.37. The van der Waals surface area contributed by atoms with Gasteiger partial charge in [0.05, 0.1) is 25.7 Å². The van der Waals surface area contributed by atoms with Crippen LogP contribution in [0.5, 0.6) is 5.75 Å². The third-order valence-corrected chi connectivity index (χ3v) is 8.05. The van der Waals surface area contributed by atoms with E-state index in [0.29, 0.717) is 11.8 Å². The SMILES string of the molecule is C=Cc1ccc(C[N+]23CCC(C[C@H]2[C@H](O)c2ccnc4ccc(OC)cc24)C(C=C)C3)cc1. The van der Waals surface area contributed by atoms with Gasteiger partial charge in [-0.1, -0.05) is 43.0 Å². The zero-order chi connectivity index (χ0) is 23.0. The summed E-state index contributed by atoms with van der Waals surface area (Å²) >= 11 is 0. The van der Waals surface area contributed by atoms with E-state index in [1.807, 2.05) is 36.5 Å². The predicted octanol–water partition coefficient (Wildman–Crippen LogP) is 5.53. The van der Waals surface area contributed by atoms with Crippen LogP contribution in [0.25, 0.3) is 17.0 Å². The molecule has 2 aromatic carbocycles. The van der Waals surface area contributed by atoms with E-state index in [4.69, 9.17) is 4.74 Å². The minimum atomic E-state index is -0.566. The van der Waals surface area contributed by atoms with E-state index in [0.717, 1.165) is 58.3 Å². The average molecular weight is 442 g/mol. The first-order chi connectivity index (χ1) is 16.1. The van der Waals surface area contributed by atoms with Gasteiger partial charge in [-0.15, -0.1) is 6.58 Å². The van der Waals surface area contributed by atoms with E-state index in [-0.39, 0.29) is 6.04 Å². The molecule has 3 aliphatic rings. The monoisotopic (exact) mass is 441 g/mol. The molecule has 3 aliphatic heterocycles. The van der Waals surface area contributed by atoms with Crippen LogP contribution in [0.15, 0.2) is 74.0 Å². The van der Waals surface area contributed by atoms with Crippen molar-refractivity contribution in [1.29, 1.82) is 0 Å². The van der Waals surface area contributed by atoms with Crippen molar-refractivity contribution in [1.82, 2.24) is 4.98 Å². The number of aromatic nitrogens is 1. The van der Waals surface area contributed by atoms with Crippen LogP contribution in [0.1, 0.15) is 35.6 Å². The second-order valence-electron chi connectivity index (χ2n) is 9.71. The fraction of sp³-hybridized carbons (Fsp3) is 0.345. The van der Waals surface area contributed by atoms with Gasteiger partial charge in [-0.2, -0.15) is 0 Å². The second kappa shape index (κ2) is 8.77. The van der Waals surface area contributed by atoms with Crippen LogP contribution in [0.2, 0.25) is 0 Å². The lowest BCUT2D eigenvalue weighted by molar-refractivity contribution is -0.984. The van der Waals surface area contributed by atoms with Crippen LogP contribution in [0.4, 0.5) is 0 Å². The summed E-state index contributed by atoms with van der Waals surface area (Å²) in [6.45, 7) is 11.1. The molecule has 2 bridgehead atoms. The molecule has 6 rings (SSSR count). The van der Waals surface area contributed by atoms with Gasteiger partial charge < -0.3 is 14.3 Å². The van der Waals surface area contributed by atoms with Gasteiger partial charge in [0.2, 0.25) is 0 Å². The quantitative estimate of drug-likeness (QED) is 0.387. The molecule has 1 aromatic heterocycles. The number of aliphatic hydroxyl groups excluding tert-OH is 1. The van der Waals surface area contributed by atoms with E-state index in [1.165, 1.54) is 12.0 Å². The van der Waals surface area contributed by atoms with E-state index in [1.54, 1.807) is 7.11 Å². The molecule has 3 aromatic rings. The van der Waals surface area contributed by atoms with Gasteiger partial charge in [-0.05, 0) is 41.3 Å². The van der Waals surface area contributed by atoms with Crippen molar-refractivity contribution in [2.45, 2.75) is 31.5 Å². The summed E-state index contributed by atoms with van der Waals surface area (Å²) in [7, 11) is 1.67. The minimum absolute atomic E-state index is 0.135. The van der Waals surface area contributed by atoms with Gasteiger partial charge in [0.1, 0.15) is 24.4 Å². The van der Waals surface area contributed by atoms with Gasteiger partial charge in [0.15, 0.2) is 0 Å². The molecule has 0 aliphatic carbocycles. The van der Waals surface area contributed by atoms with Crippen molar-refractivity contribution < 1.29 is 14.3 Å². The molecule has 170 valence electrons. The predicted molar refractivity (Wildman–Crippen MR) is 134 cm³/mol. The fourth-order valence-electron chi connectivity index (χ4n) is 6.24. The molecule has 3 unspecified atom stereocenters. The maximum absolute atomic E-state index is 11.9. The summed E-state index contributed by atoms with van der Waals surface area (Å²) in [4.78, 5) is 4.53. The van der Waals surface area contributed by atoms with Gasteiger partial charge in [-0.25, -0.2) is 0 Å². The van der Waals surface area contributed by atoms with E-state index >= 15 is 0 Å². The molecular weight excluding hydrogens is 408 g/mol. The molecule has 1 N–H and O–H groups in total. The first kappa shape index (κ1) is 21.9. The zero-order valence-electron chi connectivity index (χ0n) is 19.4. The highest BCUT2D eigenvalue weighted by Crippen LogP contribution is 2.48. The molecule has 3 saturated heterocycles. The van der Waals surface area contributed by atoms with Gasteiger partial charge in [0.25, 0.3) is 0 Å². The summed E-state index contributed by atoms with van der Waals surface area (Å²) in [5.74, 6) is 1.88. The molecular formula is C29H33N2O2+. The number of hydrogen-bond acceptors (Lipinski definition) is 3. The minimum Gasteiger partial charge on any atom is -0.497 e. The van der Waals surface area contributed by atoms with Crippen molar-refractivity contribution in [3.63, 3.8) is 0 Å². The Bertz CT molecular complexity index is 1170. The molecule has 3 fully saturated rings. The third-order valence-electron chi connectivity index (χ3n) is 8.05. The number of rotatable bonds is 7. The second-order valence-corrected chi connectivity index (χ2v) is 9.71. The lowest BCUT2D eigenvalue weighted by atomic mass is 9.71. The Morgan fingerprint density at radius 3 is 2.73 bits per heavy atom. The smallest absolute Gasteiger partial charge is 0.131 e. The van der Waals surface area contributed by atoms with Gasteiger partial charge >= 0.3 is 0 Å². The Kier molecular flexibility index (Phi) is 5.81. The number of hydrogen-bond donors (Lipinski definition) is 1. The topological polar surface area (TPSA) is 42.4 Å². The Balaban J connectivity index is 1.54. The largest absolute Gasteiger partial charge is 0.497 e. The molecule has 4 heteroatoms. The average Bonchev–Trinajstić information content (AvgIpc) is 2.88. The van der Waals surface area contributed by atoms with E-state index < -0.39 is 6.10 Å². The van der Waals surface area contributed by atoms with Crippen LogP contribution in [-0.2, 0) is 6.54 Å². The molecule has 0 saturated carbocycles. The lowest BCUT2D eigenvalue weighted by Crippen LogP contribution is -2.67. The Morgan fingerprint density at radius 1 is 1.18 bits per heavy atom. The Hall–Kier alpha value is -2.95. The van der Waals surface area contributed by atoms with E-state index in [2.05, 4.69) is 48.5 Å². The lowest BCUT2D eigenvalue weighted by Gasteiger charge is -2.58. The van der Waals surface area contributed by atoms with Crippen molar-refractivity contribution in [2.75, 3.05) is 20.2 Å². The number of benzene rings is 2. The highest BCUT2D eigenvalue weighted by Gasteiger charge is 2.53. The third kappa shape index (κ3) is 3.88. The van der Waals surface area contributed by atoms with Crippen LogP contribution < -0.4 is 4.74 Å². The number of quaternary nitrogens is 1. The molecule has 4 nitrogen and oxygen atoms in total. The fourth-order valence-corrected chi connectivity index (χ4v) is 6.24. The first-order valence-corrected chi connectivity index (χ1v) is 11.9. The van der Waals surface area contributed by atoms with Crippen molar-refractivity contribution in [3.05, 3.63) is 90.7 Å². The normalized spacial score (nSPS) is 27.3. The number of methoxy groups -OCH3 is 1. The maximum atomic E-state index is 11.9. The molecule has 0 amide bonds. The van der Waals surface area contributed by atoms with Crippen LogP contribution in [0.3, 0.4) is 0 Å². The van der Waals surface area contributed by atoms with Crippen molar-refractivity contribution in [3.8, 4) is 5.75 Å². The summed E-state index contributed by atoms with van der Waals surface area (Å²) in [5.41, 5.74) is 4.28. The number of aliphatic hydroxyl groups is 1.